The molecule has 0 bridgehead atoms. The number of pyridine rings is 2. The van der Waals surface area contributed by atoms with Crippen molar-refractivity contribution < 1.29 is 34.8 Å². The molecule has 0 unspecified atom stereocenters. The van der Waals surface area contributed by atoms with Gasteiger partial charge in [0.1, 0.15) is 0 Å². The van der Waals surface area contributed by atoms with Crippen molar-refractivity contribution in [2.45, 2.75) is 13.2 Å². The fourth-order valence-corrected chi connectivity index (χ4v) is 0.979. The molecule has 0 amide bonds. The molecule has 128 valence electrons. The lowest BCUT2D eigenvalue weighted by Gasteiger charge is -1.90. The minimum atomic E-state index is -1.79. The maximum absolute atomic E-state index is 10.2. The molecule has 0 fully saturated rings. The van der Waals surface area contributed by atoms with Gasteiger partial charge in [-0.05, 0) is 31.2 Å². The van der Waals surface area contributed by atoms with Gasteiger partial charge in [-0.2, -0.15) is 0 Å². The number of rotatable bonds is 3. The van der Waals surface area contributed by atoms with Gasteiger partial charge >= 0.3 is 11.9 Å². The molecule has 0 saturated heterocycles. The summed E-state index contributed by atoms with van der Waals surface area (Å²) < 4.78 is 0. The summed E-state index contributed by atoms with van der Waals surface area (Å²) in [5.74, 6) is -2.51. The number of nitrogens with zero attached hydrogens (tertiary/aromatic N) is 2. The van der Waals surface area contributed by atoms with Crippen LogP contribution in [0.2, 0.25) is 0 Å². The number of aromatic carboxylic acids is 2. The summed E-state index contributed by atoms with van der Waals surface area (Å²) in [7, 11) is 0. The number of carbonyl (C=O) groups is 3. The summed E-state index contributed by atoms with van der Waals surface area (Å²) in [6.45, 7) is 1.10. The van der Waals surface area contributed by atoms with Crippen LogP contribution < -0.4 is 0 Å². The number of carboxylic acid groups (broad SMARTS) is 2. The van der Waals surface area contributed by atoms with E-state index in [9.17, 15) is 14.4 Å². The maximum Gasteiger partial charge on any atom is 0.337 e. The van der Waals surface area contributed by atoms with E-state index < -0.39 is 24.0 Å². The minimum Gasteiger partial charge on any atom is -0.478 e. The summed E-state index contributed by atoms with van der Waals surface area (Å²) in [5, 5.41) is 32.4. The zero-order chi connectivity index (χ0) is 18.5. The first-order valence-electron chi connectivity index (χ1n) is 6.39. The van der Waals surface area contributed by atoms with Crippen LogP contribution in [0.5, 0.6) is 0 Å². The third-order valence-electron chi connectivity index (χ3n) is 2.18. The van der Waals surface area contributed by atoms with E-state index in [0.29, 0.717) is 0 Å². The van der Waals surface area contributed by atoms with Crippen molar-refractivity contribution in [1.29, 1.82) is 0 Å². The Kier molecular flexibility index (Phi) is 9.90. The third-order valence-corrected chi connectivity index (χ3v) is 2.18. The number of aromatic nitrogens is 2. The molecular formula is C15H16N2O7. The number of hydrogen-bond acceptors (Lipinski definition) is 7. The number of Topliss-reactive ketones (excluding diaryl/α,β-unsaturated/α-hetero) is 1. The van der Waals surface area contributed by atoms with Gasteiger partial charge in [0.05, 0.1) is 11.1 Å². The Hall–Kier alpha value is -3.17. The van der Waals surface area contributed by atoms with Gasteiger partial charge < -0.3 is 20.4 Å². The highest BCUT2D eigenvalue weighted by molar-refractivity contribution is 5.87. The Balaban J connectivity index is 0.000000340. The maximum atomic E-state index is 10.2. The second kappa shape index (κ2) is 11.4. The summed E-state index contributed by atoms with van der Waals surface area (Å²) in [6.07, 6.45) is 3.90. The molecule has 0 spiro atoms. The number of carbonyl (C=O) groups excluding carboxylic acids is 1. The van der Waals surface area contributed by atoms with Crippen molar-refractivity contribution in [2.24, 2.45) is 0 Å². The normalized spacial score (nSPS) is 9.00. The number of aliphatic hydroxyl groups excluding tert-OH is 1. The fraction of sp³-hybridized carbons (Fsp3) is 0.133. The van der Waals surface area contributed by atoms with E-state index in [2.05, 4.69) is 9.97 Å². The van der Waals surface area contributed by atoms with E-state index in [1.54, 1.807) is 12.1 Å². The molecule has 2 aromatic rings. The van der Waals surface area contributed by atoms with Crippen LogP contribution in [0.3, 0.4) is 0 Å². The van der Waals surface area contributed by atoms with Crippen molar-refractivity contribution in [2.75, 3.05) is 0 Å². The zero-order valence-corrected chi connectivity index (χ0v) is 12.6. The molecule has 9 heteroatoms. The lowest BCUT2D eigenvalue weighted by Crippen LogP contribution is -2.14. The van der Waals surface area contributed by atoms with Gasteiger partial charge in [0.25, 0.3) is 0 Å². The van der Waals surface area contributed by atoms with Gasteiger partial charge in [-0.3, -0.25) is 14.8 Å². The third kappa shape index (κ3) is 9.71. The molecular weight excluding hydrogens is 320 g/mol. The van der Waals surface area contributed by atoms with E-state index in [1.165, 1.54) is 36.9 Å². The van der Waals surface area contributed by atoms with Crippen molar-refractivity contribution >= 4 is 17.7 Å². The largest absolute Gasteiger partial charge is 0.478 e. The Labute approximate surface area is 136 Å². The quantitative estimate of drug-likeness (QED) is 0.584. The molecule has 0 atom stereocenters. The van der Waals surface area contributed by atoms with E-state index in [-0.39, 0.29) is 11.1 Å². The topological polar surface area (TPSA) is 158 Å². The highest BCUT2D eigenvalue weighted by Crippen LogP contribution is 1.93. The predicted molar refractivity (Wildman–Crippen MR) is 81.3 cm³/mol. The average molecular weight is 336 g/mol. The number of carboxylic acids is 2. The van der Waals surface area contributed by atoms with Gasteiger partial charge in [-0.15, -0.1) is 0 Å². The second-order valence-electron chi connectivity index (χ2n) is 4.08. The number of ketones is 1. The van der Waals surface area contributed by atoms with Crippen molar-refractivity contribution in [3.63, 3.8) is 0 Å². The van der Waals surface area contributed by atoms with Crippen molar-refractivity contribution in [1.82, 2.24) is 9.97 Å². The Bertz CT molecular complexity index is 596. The Morgan fingerprint density at radius 2 is 1.21 bits per heavy atom. The molecule has 9 nitrogen and oxygen atoms in total. The van der Waals surface area contributed by atoms with E-state index >= 15 is 0 Å². The van der Waals surface area contributed by atoms with Crippen LogP contribution >= 0.6 is 0 Å². The highest BCUT2D eigenvalue weighted by Gasteiger charge is 1.99. The predicted octanol–water partition coefficient (Wildman–Crippen LogP) is 0.446. The van der Waals surface area contributed by atoms with Crippen LogP contribution in [0.1, 0.15) is 27.6 Å². The van der Waals surface area contributed by atoms with Crippen LogP contribution in [0.15, 0.2) is 49.1 Å². The molecule has 0 radical (unpaired) electrons. The Morgan fingerprint density at radius 1 is 0.875 bits per heavy atom. The van der Waals surface area contributed by atoms with Crippen LogP contribution in [0.25, 0.3) is 0 Å². The van der Waals surface area contributed by atoms with Crippen LogP contribution in [-0.2, 0) is 4.79 Å². The standard InChI is InChI=1S/2C6H5NO2.C3H6O3/c2*8-6(9)5-2-1-3-7-4-5;1-2(4)3(5)6/h2*1-4H,(H,8,9);3,5-6H,1H3. The summed E-state index contributed by atoms with van der Waals surface area (Å²) in [5.41, 5.74) is 0.440. The molecule has 2 aromatic heterocycles. The van der Waals surface area contributed by atoms with Crippen LogP contribution in [0, 0.1) is 0 Å². The monoisotopic (exact) mass is 336 g/mol. The first-order chi connectivity index (χ1) is 11.3. The molecule has 24 heavy (non-hydrogen) atoms. The smallest absolute Gasteiger partial charge is 0.337 e. The molecule has 2 heterocycles. The van der Waals surface area contributed by atoms with Gasteiger partial charge in [0.2, 0.25) is 6.29 Å². The molecule has 2 rings (SSSR count). The summed E-state index contributed by atoms with van der Waals surface area (Å²) in [6, 6.07) is 6.16. The van der Waals surface area contributed by atoms with E-state index in [1.807, 2.05) is 0 Å². The van der Waals surface area contributed by atoms with Gasteiger partial charge in [0, 0.05) is 24.8 Å². The molecule has 0 aromatic carbocycles. The SMILES string of the molecule is CC(=O)C(O)O.O=C(O)c1cccnc1.O=C(O)c1cccnc1. The zero-order valence-electron chi connectivity index (χ0n) is 12.6. The van der Waals surface area contributed by atoms with Crippen molar-refractivity contribution in [3.8, 4) is 0 Å². The molecule has 0 aliphatic heterocycles. The lowest BCUT2D eigenvalue weighted by molar-refractivity contribution is -0.142. The van der Waals surface area contributed by atoms with Gasteiger partial charge in [0.15, 0.2) is 5.78 Å². The van der Waals surface area contributed by atoms with E-state index in [4.69, 9.17) is 20.4 Å². The first kappa shape index (κ1) is 20.8. The average Bonchev–Trinajstić information content (AvgIpc) is 2.57. The first-order valence-corrected chi connectivity index (χ1v) is 6.39. The lowest BCUT2D eigenvalue weighted by atomic mass is 10.3. The summed E-state index contributed by atoms with van der Waals surface area (Å²) >= 11 is 0. The van der Waals surface area contributed by atoms with Crippen LogP contribution in [-0.4, -0.2) is 54.4 Å². The molecule has 0 aliphatic rings. The number of aliphatic hydroxyl groups is 2. The van der Waals surface area contributed by atoms with E-state index in [0.717, 1.165) is 6.92 Å². The van der Waals surface area contributed by atoms with Gasteiger partial charge in [-0.1, -0.05) is 0 Å². The second-order valence-corrected chi connectivity index (χ2v) is 4.08. The molecule has 0 aliphatic carbocycles. The minimum absolute atomic E-state index is 0.220. The van der Waals surface area contributed by atoms with Gasteiger partial charge in [-0.25, -0.2) is 9.59 Å². The molecule has 4 N–H and O–H groups in total. The highest BCUT2D eigenvalue weighted by atomic mass is 16.5. The summed E-state index contributed by atoms with van der Waals surface area (Å²) in [4.78, 5) is 37.2. The van der Waals surface area contributed by atoms with Crippen molar-refractivity contribution in [3.05, 3.63) is 60.2 Å². The van der Waals surface area contributed by atoms with Crippen LogP contribution in [0.4, 0.5) is 0 Å². The fourth-order valence-electron chi connectivity index (χ4n) is 0.979. The Morgan fingerprint density at radius 3 is 1.33 bits per heavy atom. The number of hydrogen-bond donors (Lipinski definition) is 4. The molecule has 0 saturated carbocycles.